The fourth-order valence-electron chi connectivity index (χ4n) is 2.41. The van der Waals surface area contributed by atoms with Gasteiger partial charge in [-0.15, -0.1) is 0 Å². The summed E-state index contributed by atoms with van der Waals surface area (Å²) in [7, 11) is 1.62. The monoisotopic (exact) mass is 240 g/mol. The second-order valence-electron chi connectivity index (χ2n) is 4.63. The number of urea groups is 2. The summed E-state index contributed by atoms with van der Waals surface area (Å²) in [5, 5.41) is 5.59. The third kappa shape index (κ3) is 2.81. The highest BCUT2D eigenvalue weighted by atomic mass is 16.2. The summed E-state index contributed by atoms with van der Waals surface area (Å²) in [6.07, 6.45) is 3.04. The molecule has 0 aromatic carbocycles. The topological polar surface area (TPSA) is 64.7 Å². The Labute approximate surface area is 101 Å². The van der Waals surface area contributed by atoms with Crippen molar-refractivity contribution in [1.82, 2.24) is 20.4 Å². The first-order valence-corrected chi connectivity index (χ1v) is 6.23. The lowest BCUT2D eigenvalue weighted by Gasteiger charge is -2.20. The molecule has 0 bridgehead atoms. The molecule has 0 spiro atoms. The summed E-state index contributed by atoms with van der Waals surface area (Å²) in [6, 6.07) is 0.0505. The van der Waals surface area contributed by atoms with Crippen LogP contribution >= 0.6 is 0 Å². The summed E-state index contributed by atoms with van der Waals surface area (Å²) in [4.78, 5) is 26.8. The molecule has 2 rings (SSSR count). The van der Waals surface area contributed by atoms with Crippen LogP contribution in [0.3, 0.4) is 0 Å². The number of carbonyl (C=O) groups is 2. The number of carbonyl (C=O) groups excluding carboxylic acids is 2. The summed E-state index contributed by atoms with van der Waals surface area (Å²) >= 11 is 0. The average Bonchev–Trinajstić information content (AvgIpc) is 2.98. The number of hydrogen-bond acceptors (Lipinski definition) is 2. The van der Waals surface area contributed by atoms with Crippen molar-refractivity contribution >= 4 is 12.1 Å². The Bertz CT molecular complexity index is 302. The zero-order valence-corrected chi connectivity index (χ0v) is 10.2. The van der Waals surface area contributed by atoms with Crippen molar-refractivity contribution in [2.75, 3.05) is 33.2 Å². The van der Waals surface area contributed by atoms with Gasteiger partial charge in [0.2, 0.25) is 0 Å². The van der Waals surface area contributed by atoms with E-state index in [9.17, 15) is 9.59 Å². The van der Waals surface area contributed by atoms with E-state index in [1.165, 1.54) is 0 Å². The zero-order valence-electron chi connectivity index (χ0n) is 10.2. The maximum absolute atomic E-state index is 11.8. The first kappa shape index (κ1) is 12.0. The molecule has 0 aliphatic carbocycles. The molecule has 2 N–H and O–H groups in total. The van der Waals surface area contributed by atoms with Crippen molar-refractivity contribution < 1.29 is 9.59 Å². The molecule has 4 amide bonds. The summed E-state index contributed by atoms with van der Waals surface area (Å²) < 4.78 is 0. The Morgan fingerprint density at radius 3 is 2.41 bits per heavy atom. The molecule has 2 saturated heterocycles. The molecule has 0 unspecified atom stereocenters. The lowest BCUT2D eigenvalue weighted by Crippen LogP contribution is -2.45. The van der Waals surface area contributed by atoms with Crippen LogP contribution in [0.2, 0.25) is 0 Å². The molecule has 6 nitrogen and oxygen atoms in total. The highest BCUT2D eigenvalue weighted by Crippen LogP contribution is 2.11. The van der Waals surface area contributed by atoms with Crippen molar-refractivity contribution in [1.29, 1.82) is 0 Å². The van der Waals surface area contributed by atoms with Gasteiger partial charge in [-0.1, -0.05) is 0 Å². The van der Waals surface area contributed by atoms with E-state index in [0.29, 0.717) is 13.1 Å². The average molecular weight is 240 g/mol. The van der Waals surface area contributed by atoms with E-state index in [4.69, 9.17) is 0 Å². The van der Waals surface area contributed by atoms with E-state index in [1.54, 1.807) is 11.9 Å². The first-order valence-electron chi connectivity index (χ1n) is 6.23. The van der Waals surface area contributed by atoms with Gasteiger partial charge in [-0.05, 0) is 19.3 Å². The van der Waals surface area contributed by atoms with Gasteiger partial charge in [0.1, 0.15) is 0 Å². The molecular formula is C11H20N4O2. The van der Waals surface area contributed by atoms with E-state index in [2.05, 4.69) is 10.6 Å². The molecule has 0 radical (unpaired) electrons. The smallest absolute Gasteiger partial charge is 0.317 e. The van der Waals surface area contributed by atoms with Crippen LogP contribution in [0.4, 0.5) is 9.59 Å². The van der Waals surface area contributed by atoms with Crippen LogP contribution in [0.25, 0.3) is 0 Å². The Kier molecular flexibility index (Phi) is 3.71. The predicted molar refractivity (Wildman–Crippen MR) is 63.8 cm³/mol. The van der Waals surface area contributed by atoms with Crippen LogP contribution in [0.5, 0.6) is 0 Å². The normalized spacial score (nSPS) is 23.9. The molecule has 2 aliphatic heterocycles. The Morgan fingerprint density at radius 1 is 1.06 bits per heavy atom. The minimum Gasteiger partial charge on any atom is -0.341 e. The molecule has 96 valence electrons. The van der Waals surface area contributed by atoms with E-state index in [-0.39, 0.29) is 18.1 Å². The van der Waals surface area contributed by atoms with Crippen molar-refractivity contribution in [3.63, 3.8) is 0 Å². The van der Waals surface area contributed by atoms with Crippen molar-refractivity contribution in [3.8, 4) is 0 Å². The van der Waals surface area contributed by atoms with Crippen molar-refractivity contribution in [2.45, 2.75) is 25.3 Å². The van der Waals surface area contributed by atoms with Gasteiger partial charge < -0.3 is 20.4 Å². The zero-order chi connectivity index (χ0) is 12.3. The molecule has 6 heteroatoms. The van der Waals surface area contributed by atoms with E-state index < -0.39 is 0 Å². The summed E-state index contributed by atoms with van der Waals surface area (Å²) in [5.41, 5.74) is 0. The molecule has 0 aromatic rings. The summed E-state index contributed by atoms with van der Waals surface area (Å²) in [6.45, 7) is 3.04. The van der Waals surface area contributed by atoms with Gasteiger partial charge in [-0.3, -0.25) is 0 Å². The van der Waals surface area contributed by atoms with E-state index in [1.807, 2.05) is 4.90 Å². The van der Waals surface area contributed by atoms with Crippen LogP contribution in [0.15, 0.2) is 0 Å². The number of likely N-dealkylation sites (tertiary alicyclic amines) is 2. The largest absolute Gasteiger partial charge is 0.341 e. The quantitative estimate of drug-likeness (QED) is 0.688. The Morgan fingerprint density at radius 2 is 1.76 bits per heavy atom. The van der Waals surface area contributed by atoms with Crippen molar-refractivity contribution in [3.05, 3.63) is 0 Å². The highest BCUT2D eigenvalue weighted by molar-refractivity contribution is 5.76. The minimum absolute atomic E-state index is 0.0197. The van der Waals surface area contributed by atoms with Crippen LogP contribution in [-0.4, -0.2) is 61.1 Å². The molecule has 2 fully saturated rings. The van der Waals surface area contributed by atoms with Crippen LogP contribution in [0, 0.1) is 0 Å². The second kappa shape index (κ2) is 5.25. The molecule has 1 atom stereocenters. The Hall–Kier alpha value is -1.46. The molecule has 0 saturated carbocycles. The van der Waals surface area contributed by atoms with Gasteiger partial charge in [0.15, 0.2) is 0 Å². The number of nitrogens with one attached hydrogen (secondary N) is 2. The number of nitrogens with zero attached hydrogens (tertiary/aromatic N) is 2. The van der Waals surface area contributed by atoms with E-state index >= 15 is 0 Å². The fraction of sp³-hybridized carbons (Fsp3) is 0.818. The van der Waals surface area contributed by atoms with Gasteiger partial charge in [-0.2, -0.15) is 0 Å². The van der Waals surface area contributed by atoms with Gasteiger partial charge in [0, 0.05) is 39.3 Å². The molecular weight excluding hydrogens is 220 g/mol. The van der Waals surface area contributed by atoms with Gasteiger partial charge in [-0.25, -0.2) is 9.59 Å². The number of rotatable bonds is 1. The minimum atomic E-state index is -0.0667. The van der Waals surface area contributed by atoms with Crippen LogP contribution in [-0.2, 0) is 0 Å². The maximum Gasteiger partial charge on any atom is 0.317 e. The first-order chi connectivity index (χ1) is 8.20. The predicted octanol–water partition coefficient (Wildman–Crippen LogP) is 0.206. The fourth-order valence-corrected chi connectivity index (χ4v) is 2.41. The van der Waals surface area contributed by atoms with Gasteiger partial charge in [0.05, 0.1) is 0 Å². The van der Waals surface area contributed by atoms with Gasteiger partial charge in [0.25, 0.3) is 0 Å². The standard InChI is InChI=1S/C11H20N4O2/c1-12-10(16)15-7-4-9(8-15)13-11(17)14-5-2-3-6-14/h9H,2-8H2,1H3,(H,12,16)(H,13,17)/t9-/m1/s1. The summed E-state index contributed by atoms with van der Waals surface area (Å²) in [5.74, 6) is 0. The lowest BCUT2D eigenvalue weighted by molar-refractivity contribution is 0.200. The van der Waals surface area contributed by atoms with Crippen LogP contribution < -0.4 is 10.6 Å². The molecule has 2 heterocycles. The number of hydrogen-bond donors (Lipinski definition) is 2. The third-order valence-electron chi connectivity index (χ3n) is 3.41. The van der Waals surface area contributed by atoms with E-state index in [0.717, 1.165) is 32.4 Å². The molecule has 0 aromatic heterocycles. The lowest BCUT2D eigenvalue weighted by atomic mass is 10.3. The highest BCUT2D eigenvalue weighted by Gasteiger charge is 2.28. The SMILES string of the molecule is CNC(=O)N1CC[C@@H](NC(=O)N2CCCC2)C1. The Balaban J connectivity index is 1.77. The molecule has 2 aliphatic rings. The third-order valence-corrected chi connectivity index (χ3v) is 3.41. The second-order valence-corrected chi connectivity index (χ2v) is 4.63. The van der Waals surface area contributed by atoms with Gasteiger partial charge >= 0.3 is 12.1 Å². The molecule has 17 heavy (non-hydrogen) atoms. The van der Waals surface area contributed by atoms with Crippen molar-refractivity contribution in [2.24, 2.45) is 0 Å². The number of amides is 4. The maximum atomic E-state index is 11.8. The van der Waals surface area contributed by atoms with Crippen LogP contribution in [0.1, 0.15) is 19.3 Å².